The number of rotatable bonds is 2. The van der Waals surface area contributed by atoms with Gasteiger partial charge in [0.1, 0.15) is 0 Å². The number of hydrogen-bond donors (Lipinski definition) is 1. The van der Waals surface area contributed by atoms with Crippen molar-refractivity contribution >= 4 is 0 Å². The first-order valence-corrected chi connectivity index (χ1v) is 5.10. The van der Waals surface area contributed by atoms with Gasteiger partial charge in [0, 0.05) is 29.7 Å². The van der Waals surface area contributed by atoms with E-state index in [0.29, 0.717) is 5.92 Å². The summed E-state index contributed by atoms with van der Waals surface area (Å²) in [5.41, 5.74) is 4.81. The second-order valence-electron chi connectivity index (χ2n) is 3.84. The third kappa shape index (κ3) is 1.77. The first-order chi connectivity index (χ1) is 7.20. The van der Waals surface area contributed by atoms with E-state index >= 15 is 0 Å². The maximum atomic E-state index is 4.28. The number of aryl methyl sites for hydroxylation is 1. The topological polar surface area (TPSA) is 41.6 Å². The number of H-pyrrole nitrogens is 1. The Morgan fingerprint density at radius 3 is 2.80 bits per heavy atom. The molecule has 2 aromatic heterocycles. The molecule has 1 atom stereocenters. The molecule has 2 rings (SSSR count). The molecule has 2 aromatic rings. The van der Waals surface area contributed by atoms with Crippen LogP contribution < -0.4 is 0 Å². The van der Waals surface area contributed by atoms with E-state index in [1.54, 1.807) is 6.33 Å². The largest absolute Gasteiger partial charge is 0.348 e. The van der Waals surface area contributed by atoms with Crippen molar-refractivity contribution in [3.05, 3.63) is 47.3 Å². The van der Waals surface area contributed by atoms with Gasteiger partial charge in [-0.2, -0.15) is 0 Å². The van der Waals surface area contributed by atoms with Gasteiger partial charge in [-0.3, -0.25) is 4.98 Å². The number of imidazole rings is 1. The van der Waals surface area contributed by atoms with Gasteiger partial charge in [0.25, 0.3) is 0 Å². The van der Waals surface area contributed by atoms with Crippen molar-refractivity contribution in [3.63, 3.8) is 0 Å². The molecule has 0 spiro atoms. The van der Waals surface area contributed by atoms with Gasteiger partial charge in [0.05, 0.1) is 6.33 Å². The van der Waals surface area contributed by atoms with Crippen LogP contribution in [0.5, 0.6) is 0 Å². The van der Waals surface area contributed by atoms with Gasteiger partial charge in [0.2, 0.25) is 0 Å². The SMILES string of the molecule is Cc1nccc([C@H](C)c2cnc[nH]2)c1C. The maximum absolute atomic E-state index is 4.28. The van der Waals surface area contributed by atoms with E-state index in [1.807, 2.05) is 19.3 Å². The Balaban J connectivity index is 2.42. The zero-order chi connectivity index (χ0) is 10.8. The lowest BCUT2D eigenvalue weighted by Crippen LogP contribution is -2.01. The predicted octanol–water partition coefficient (Wildman–Crippen LogP) is 2.57. The molecule has 0 aliphatic carbocycles. The van der Waals surface area contributed by atoms with Gasteiger partial charge in [0.15, 0.2) is 0 Å². The predicted molar refractivity (Wildman–Crippen MR) is 59.8 cm³/mol. The Morgan fingerprint density at radius 2 is 2.13 bits per heavy atom. The van der Waals surface area contributed by atoms with Crippen LogP contribution in [0.4, 0.5) is 0 Å². The first-order valence-electron chi connectivity index (χ1n) is 5.10. The summed E-state index contributed by atoms with van der Waals surface area (Å²) in [6.07, 6.45) is 5.46. The summed E-state index contributed by atoms with van der Waals surface area (Å²) in [5.74, 6) is 0.342. The van der Waals surface area contributed by atoms with Crippen molar-refractivity contribution < 1.29 is 0 Å². The zero-order valence-electron chi connectivity index (χ0n) is 9.28. The molecule has 15 heavy (non-hydrogen) atoms. The molecule has 0 saturated carbocycles. The molecule has 0 radical (unpaired) electrons. The Kier molecular flexibility index (Phi) is 2.54. The van der Waals surface area contributed by atoms with Crippen LogP contribution in [0.2, 0.25) is 0 Å². The summed E-state index contributed by atoms with van der Waals surface area (Å²) < 4.78 is 0. The molecule has 0 bridgehead atoms. The minimum atomic E-state index is 0.342. The smallest absolute Gasteiger partial charge is 0.0921 e. The van der Waals surface area contributed by atoms with Gasteiger partial charge in [-0.25, -0.2) is 4.98 Å². The van der Waals surface area contributed by atoms with E-state index in [-0.39, 0.29) is 0 Å². The second-order valence-corrected chi connectivity index (χ2v) is 3.84. The first kappa shape index (κ1) is 9.90. The molecule has 0 aliphatic rings. The molecule has 3 nitrogen and oxygen atoms in total. The fraction of sp³-hybridized carbons (Fsp3) is 0.333. The molecule has 0 saturated heterocycles. The Bertz CT molecular complexity index is 446. The van der Waals surface area contributed by atoms with Crippen molar-refractivity contribution in [2.24, 2.45) is 0 Å². The van der Waals surface area contributed by atoms with E-state index in [1.165, 1.54) is 11.1 Å². The fourth-order valence-corrected chi connectivity index (χ4v) is 1.80. The zero-order valence-corrected chi connectivity index (χ0v) is 9.28. The molecular weight excluding hydrogens is 186 g/mol. The highest BCUT2D eigenvalue weighted by Gasteiger charge is 2.12. The van der Waals surface area contributed by atoms with Crippen LogP contribution >= 0.6 is 0 Å². The number of aromatic amines is 1. The molecule has 0 aliphatic heterocycles. The quantitative estimate of drug-likeness (QED) is 0.811. The Hall–Kier alpha value is -1.64. The van der Waals surface area contributed by atoms with Crippen LogP contribution in [0, 0.1) is 13.8 Å². The molecule has 0 aromatic carbocycles. The van der Waals surface area contributed by atoms with E-state index in [4.69, 9.17) is 0 Å². The summed E-state index contributed by atoms with van der Waals surface area (Å²) in [6, 6.07) is 2.08. The van der Waals surface area contributed by atoms with Gasteiger partial charge in [-0.15, -0.1) is 0 Å². The standard InChI is InChI=1S/C12H15N3/c1-8-10(3)14-5-4-11(8)9(2)12-6-13-7-15-12/h4-7,9H,1-3H3,(H,13,15)/t9-/m0/s1. The highest BCUT2D eigenvalue weighted by molar-refractivity contribution is 5.34. The van der Waals surface area contributed by atoms with E-state index in [9.17, 15) is 0 Å². The van der Waals surface area contributed by atoms with Crippen molar-refractivity contribution in [1.82, 2.24) is 15.0 Å². The van der Waals surface area contributed by atoms with Gasteiger partial charge >= 0.3 is 0 Å². The second kappa shape index (κ2) is 3.85. The number of nitrogens with zero attached hydrogens (tertiary/aromatic N) is 2. The van der Waals surface area contributed by atoms with Gasteiger partial charge in [-0.1, -0.05) is 6.92 Å². The third-order valence-electron chi connectivity index (χ3n) is 2.95. The van der Waals surface area contributed by atoms with Crippen LogP contribution in [-0.4, -0.2) is 15.0 Å². The molecule has 3 heteroatoms. The maximum Gasteiger partial charge on any atom is 0.0921 e. The average molecular weight is 201 g/mol. The summed E-state index contributed by atoms with van der Waals surface area (Å²) in [4.78, 5) is 11.5. The normalized spacial score (nSPS) is 12.7. The third-order valence-corrected chi connectivity index (χ3v) is 2.95. The highest BCUT2D eigenvalue weighted by atomic mass is 14.9. The van der Waals surface area contributed by atoms with E-state index in [2.05, 4.69) is 34.9 Å². The van der Waals surface area contributed by atoms with Crippen molar-refractivity contribution in [2.45, 2.75) is 26.7 Å². The van der Waals surface area contributed by atoms with Crippen LogP contribution in [0.15, 0.2) is 24.8 Å². The molecule has 78 valence electrons. The van der Waals surface area contributed by atoms with Crippen LogP contribution in [0.1, 0.15) is 35.4 Å². The summed E-state index contributed by atoms with van der Waals surface area (Å²) in [6.45, 7) is 6.33. The molecule has 0 unspecified atom stereocenters. The lowest BCUT2D eigenvalue weighted by atomic mass is 9.94. The molecule has 0 amide bonds. The van der Waals surface area contributed by atoms with Gasteiger partial charge < -0.3 is 4.98 Å². The molecular formula is C12H15N3. The number of nitrogens with one attached hydrogen (secondary N) is 1. The minimum absolute atomic E-state index is 0.342. The number of aromatic nitrogens is 3. The van der Waals surface area contributed by atoms with Gasteiger partial charge in [-0.05, 0) is 31.0 Å². The lowest BCUT2D eigenvalue weighted by molar-refractivity contribution is 0.863. The average Bonchev–Trinajstić information content (AvgIpc) is 2.74. The fourth-order valence-electron chi connectivity index (χ4n) is 1.80. The summed E-state index contributed by atoms with van der Waals surface area (Å²) in [5, 5.41) is 0. The van der Waals surface area contributed by atoms with Crippen LogP contribution in [0.25, 0.3) is 0 Å². The summed E-state index contributed by atoms with van der Waals surface area (Å²) >= 11 is 0. The summed E-state index contributed by atoms with van der Waals surface area (Å²) in [7, 11) is 0. The van der Waals surface area contributed by atoms with Crippen molar-refractivity contribution in [3.8, 4) is 0 Å². The Labute approximate surface area is 89.6 Å². The van der Waals surface area contributed by atoms with Crippen molar-refractivity contribution in [1.29, 1.82) is 0 Å². The highest BCUT2D eigenvalue weighted by Crippen LogP contribution is 2.25. The molecule has 0 fully saturated rings. The monoisotopic (exact) mass is 201 g/mol. The van der Waals surface area contributed by atoms with E-state index < -0.39 is 0 Å². The molecule has 1 N–H and O–H groups in total. The van der Waals surface area contributed by atoms with Crippen LogP contribution in [0.3, 0.4) is 0 Å². The number of pyridine rings is 1. The van der Waals surface area contributed by atoms with Crippen LogP contribution in [-0.2, 0) is 0 Å². The van der Waals surface area contributed by atoms with Crippen molar-refractivity contribution in [2.75, 3.05) is 0 Å². The number of hydrogen-bond acceptors (Lipinski definition) is 2. The minimum Gasteiger partial charge on any atom is -0.348 e. The van der Waals surface area contributed by atoms with E-state index in [0.717, 1.165) is 11.4 Å². The Morgan fingerprint density at radius 1 is 1.33 bits per heavy atom. The lowest BCUT2D eigenvalue weighted by Gasteiger charge is -2.13. The molecule has 2 heterocycles.